The Kier molecular flexibility index (Phi) is 5.92. The SMILES string of the molecule is CCn1ncnc1CNCC(C)(C)CCCCl. The third kappa shape index (κ3) is 5.04. The lowest BCUT2D eigenvalue weighted by molar-refractivity contribution is 0.309. The number of hydrogen-bond acceptors (Lipinski definition) is 3. The summed E-state index contributed by atoms with van der Waals surface area (Å²) in [6.45, 7) is 9.21. The van der Waals surface area contributed by atoms with Crippen LogP contribution in [-0.2, 0) is 13.1 Å². The van der Waals surface area contributed by atoms with Crippen LogP contribution in [0.15, 0.2) is 6.33 Å². The average molecular weight is 259 g/mol. The number of halogens is 1. The van der Waals surface area contributed by atoms with Gasteiger partial charge in [-0.05, 0) is 25.2 Å². The second-order valence-electron chi connectivity index (χ2n) is 5.05. The Bertz CT molecular complexity index is 322. The summed E-state index contributed by atoms with van der Waals surface area (Å²) in [4.78, 5) is 4.24. The minimum Gasteiger partial charge on any atom is -0.309 e. The van der Waals surface area contributed by atoms with Crippen LogP contribution >= 0.6 is 11.6 Å². The highest BCUT2D eigenvalue weighted by Crippen LogP contribution is 2.21. The highest BCUT2D eigenvalue weighted by atomic mass is 35.5. The highest BCUT2D eigenvalue weighted by molar-refractivity contribution is 6.17. The van der Waals surface area contributed by atoms with Gasteiger partial charge in [0.25, 0.3) is 0 Å². The van der Waals surface area contributed by atoms with Gasteiger partial charge in [-0.25, -0.2) is 9.67 Å². The van der Waals surface area contributed by atoms with E-state index < -0.39 is 0 Å². The first kappa shape index (κ1) is 14.5. The number of aromatic nitrogens is 3. The molecule has 0 spiro atoms. The smallest absolute Gasteiger partial charge is 0.140 e. The van der Waals surface area contributed by atoms with Crippen molar-refractivity contribution in [1.29, 1.82) is 0 Å². The molecular formula is C12H23ClN4. The Morgan fingerprint density at radius 2 is 2.24 bits per heavy atom. The first-order valence-electron chi connectivity index (χ1n) is 6.22. The predicted octanol–water partition coefficient (Wildman–Crippen LogP) is 2.43. The van der Waals surface area contributed by atoms with Gasteiger partial charge in [0.05, 0.1) is 6.54 Å². The van der Waals surface area contributed by atoms with Crippen LogP contribution in [0.4, 0.5) is 0 Å². The van der Waals surface area contributed by atoms with Gasteiger partial charge in [-0.2, -0.15) is 5.10 Å². The van der Waals surface area contributed by atoms with Crippen LogP contribution in [0.5, 0.6) is 0 Å². The summed E-state index contributed by atoms with van der Waals surface area (Å²) < 4.78 is 1.92. The van der Waals surface area contributed by atoms with Gasteiger partial charge < -0.3 is 5.32 Å². The third-order valence-electron chi connectivity index (χ3n) is 2.87. The molecule has 1 aromatic heterocycles. The molecule has 1 heterocycles. The van der Waals surface area contributed by atoms with Crippen molar-refractivity contribution >= 4 is 11.6 Å². The maximum absolute atomic E-state index is 5.72. The van der Waals surface area contributed by atoms with E-state index in [0.29, 0.717) is 0 Å². The molecule has 1 rings (SSSR count). The second-order valence-corrected chi connectivity index (χ2v) is 5.43. The van der Waals surface area contributed by atoms with Crippen LogP contribution in [0.2, 0.25) is 0 Å². The van der Waals surface area contributed by atoms with Gasteiger partial charge in [0.1, 0.15) is 12.2 Å². The maximum Gasteiger partial charge on any atom is 0.140 e. The summed E-state index contributed by atoms with van der Waals surface area (Å²) in [7, 11) is 0. The van der Waals surface area contributed by atoms with Crippen LogP contribution in [0.3, 0.4) is 0 Å². The molecule has 0 aliphatic carbocycles. The van der Waals surface area contributed by atoms with E-state index >= 15 is 0 Å². The third-order valence-corrected chi connectivity index (χ3v) is 3.14. The topological polar surface area (TPSA) is 42.7 Å². The summed E-state index contributed by atoms with van der Waals surface area (Å²) in [5, 5.41) is 7.59. The molecule has 0 saturated heterocycles. The molecule has 4 nitrogen and oxygen atoms in total. The fourth-order valence-corrected chi connectivity index (χ4v) is 1.97. The van der Waals surface area contributed by atoms with Crippen LogP contribution in [0.1, 0.15) is 39.4 Å². The van der Waals surface area contributed by atoms with E-state index in [-0.39, 0.29) is 5.41 Å². The Labute approximate surface area is 109 Å². The van der Waals surface area contributed by atoms with Gasteiger partial charge >= 0.3 is 0 Å². The van der Waals surface area contributed by atoms with Gasteiger partial charge in [-0.3, -0.25) is 0 Å². The van der Waals surface area contributed by atoms with Crippen LogP contribution in [0, 0.1) is 5.41 Å². The zero-order valence-corrected chi connectivity index (χ0v) is 11.8. The van der Waals surface area contributed by atoms with Gasteiger partial charge in [-0.1, -0.05) is 13.8 Å². The largest absolute Gasteiger partial charge is 0.309 e. The minimum atomic E-state index is 0.284. The standard InChI is InChI=1S/C12H23ClN4/c1-4-17-11(15-10-16-17)8-14-9-12(2,3)6-5-7-13/h10,14H,4-9H2,1-3H3. The van der Waals surface area contributed by atoms with Gasteiger partial charge in [0, 0.05) is 19.0 Å². The summed E-state index contributed by atoms with van der Waals surface area (Å²) in [5.41, 5.74) is 0.284. The van der Waals surface area contributed by atoms with E-state index in [1.165, 1.54) is 0 Å². The molecule has 0 amide bonds. The van der Waals surface area contributed by atoms with Crippen molar-refractivity contribution in [2.45, 2.75) is 46.7 Å². The van der Waals surface area contributed by atoms with Gasteiger partial charge in [0.2, 0.25) is 0 Å². The van der Waals surface area contributed by atoms with Crippen molar-refractivity contribution in [2.75, 3.05) is 12.4 Å². The molecule has 0 bridgehead atoms. The molecule has 1 N–H and O–H groups in total. The van der Waals surface area contributed by atoms with Crippen molar-refractivity contribution in [1.82, 2.24) is 20.1 Å². The Morgan fingerprint density at radius 1 is 1.47 bits per heavy atom. The lowest BCUT2D eigenvalue weighted by Gasteiger charge is -2.24. The lowest BCUT2D eigenvalue weighted by atomic mass is 9.88. The quantitative estimate of drug-likeness (QED) is 0.729. The number of alkyl halides is 1. The number of nitrogens with one attached hydrogen (secondary N) is 1. The van der Waals surface area contributed by atoms with Crippen molar-refractivity contribution < 1.29 is 0 Å². The molecule has 0 atom stereocenters. The molecule has 0 fully saturated rings. The first-order valence-corrected chi connectivity index (χ1v) is 6.76. The van der Waals surface area contributed by atoms with Crippen molar-refractivity contribution in [3.63, 3.8) is 0 Å². The van der Waals surface area contributed by atoms with E-state index in [0.717, 1.165) is 44.2 Å². The highest BCUT2D eigenvalue weighted by Gasteiger charge is 2.16. The molecule has 17 heavy (non-hydrogen) atoms. The summed E-state index contributed by atoms with van der Waals surface area (Å²) >= 11 is 5.72. The average Bonchev–Trinajstić information content (AvgIpc) is 2.74. The molecule has 0 unspecified atom stereocenters. The van der Waals surface area contributed by atoms with E-state index in [1.54, 1.807) is 6.33 Å². The normalized spacial score (nSPS) is 12.0. The fourth-order valence-electron chi connectivity index (χ4n) is 1.84. The Hall–Kier alpha value is -0.610. The number of nitrogens with zero attached hydrogens (tertiary/aromatic N) is 3. The molecule has 0 aliphatic rings. The van der Waals surface area contributed by atoms with Crippen molar-refractivity contribution in [3.05, 3.63) is 12.2 Å². The van der Waals surface area contributed by atoms with E-state index in [4.69, 9.17) is 11.6 Å². The van der Waals surface area contributed by atoms with Gasteiger partial charge in [0.15, 0.2) is 0 Å². The van der Waals surface area contributed by atoms with Crippen molar-refractivity contribution in [3.8, 4) is 0 Å². The number of rotatable bonds is 8. The molecule has 1 aromatic rings. The number of aryl methyl sites for hydroxylation is 1. The molecule has 0 aliphatic heterocycles. The maximum atomic E-state index is 5.72. The van der Waals surface area contributed by atoms with Crippen molar-refractivity contribution in [2.24, 2.45) is 5.41 Å². The summed E-state index contributed by atoms with van der Waals surface area (Å²) in [5.74, 6) is 1.74. The van der Waals surface area contributed by atoms with E-state index in [1.807, 2.05) is 4.68 Å². The zero-order chi connectivity index (χ0) is 12.7. The van der Waals surface area contributed by atoms with Crippen LogP contribution in [0.25, 0.3) is 0 Å². The van der Waals surface area contributed by atoms with Gasteiger partial charge in [-0.15, -0.1) is 11.6 Å². The summed E-state index contributed by atoms with van der Waals surface area (Å²) in [6, 6.07) is 0. The van der Waals surface area contributed by atoms with E-state index in [9.17, 15) is 0 Å². The molecule has 5 heteroatoms. The lowest BCUT2D eigenvalue weighted by Crippen LogP contribution is -2.30. The summed E-state index contributed by atoms with van der Waals surface area (Å²) in [6.07, 6.45) is 3.82. The molecule has 0 aromatic carbocycles. The van der Waals surface area contributed by atoms with E-state index in [2.05, 4.69) is 36.2 Å². The molecular weight excluding hydrogens is 236 g/mol. The Balaban J connectivity index is 2.32. The minimum absolute atomic E-state index is 0.284. The fraction of sp³-hybridized carbons (Fsp3) is 0.833. The second kappa shape index (κ2) is 6.97. The van der Waals surface area contributed by atoms with Crippen LogP contribution < -0.4 is 5.32 Å². The number of hydrogen-bond donors (Lipinski definition) is 1. The monoisotopic (exact) mass is 258 g/mol. The Morgan fingerprint density at radius 3 is 2.88 bits per heavy atom. The first-order chi connectivity index (χ1) is 8.09. The van der Waals surface area contributed by atoms with Crippen LogP contribution in [-0.4, -0.2) is 27.2 Å². The predicted molar refractivity (Wildman–Crippen MR) is 71.1 cm³/mol. The zero-order valence-electron chi connectivity index (χ0n) is 11.0. The molecule has 98 valence electrons. The molecule has 0 radical (unpaired) electrons. The molecule has 0 saturated carbocycles.